The Balaban J connectivity index is 1.54. The van der Waals surface area contributed by atoms with Crippen LogP contribution in [0.1, 0.15) is 30.0 Å². The van der Waals surface area contributed by atoms with Gasteiger partial charge in [-0.25, -0.2) is 9.97 Å². The molecule has 2 N–H and O–H groups in total. The zero-order valence-corrected chi connectivity index (χ0v) is 16.1. The molecule has 30 heavy (non-hydrogen) atoms. The van der Waals surface area contributed by atoms with Gasteiger partial charge in [0.05, 0.1) is 36.8 Å². The minimum Gasteiger partial charge on any atom is -0.396 e. The molecular formula is C20H22F4N4O2. The predicted octanol–water partition coefficient (Wildman–Crippen LogP) is 3.40. The number of aliphatic hydroxyl groups is 1. The molecule has 1 unspecified atom stereocenters. The quantitative estimate of drug-likeness (QED) is 0.690. The number of anilines is 2. The molecule has 0 bridgehead atoms. The van der Waals surface area contributed by atoms with Gasteiger partial charge in [0, 0.05) is 13.1 Å². The number of rotatable bonds is 6. The standard InChI is InChI=1S/C20H22F4N4O2/c21-16-17(25-8-19(9-29)10-30-11-19)26-12-27-18(16)28-7-1-2-15(28)13-3-5-14(6-4-13)20(22,23)24/h3-6,12,15,29H,1-2,7-11H2,(H,25,26,27). The fourth-order valence-corrected chi connectivity index (χ4v) is 3.86. The molecule has 0 amide bonds. The third kappa shape index (κ3) is 3.93. The van der Waals surface area contributed by atoms with Gasteiger partial charge in [0.2, 0.25) is 5.82 Å². The lowest BCUT2D eigenvalue weighted by molar-refractivity contribution is -0.137. The van der Waals surface area contributed by atoms with Crippen LogP contribution >= 0.6 is 0 Å². The molecule has 1 atom stereocenters. The summed E-state index contributed by atoms with van der Waals surface area (Å²) >= 11 is 0. The first-order chi connectivity index (χ1) is 14.3. The van der Waals surface area contributed by atoms with Crippen LogP contribution in [0.3, 0.4) is 0 Å². The first-order valence-corrected chi connectivity index (χ1v) is 9.70. The van der Waals surface area contributed by atoms with Crippen molar-refractivity contribution in [1.82, 2.24) is 9.97 Å². The highest BCUT2D eigenvalue weighted by molar-refractivity contribution is 5.53. The van der Waals surface area contributed by atoms with Gasteiger partial charge in [0.1, 0.15) is 6.33 Å². The first-order valence-electron chi connectivity index (χ1n) is 9.70. The van der Waals surface area contributed by atoms with Crippen molar-refractivity contribution in [3.8, 4) is 0 Å². The van der Waals surface area contributed by atoms with Crippen molar-refractivity contribution in [1.29, 1.82) is 0 Å². The van der Waals surface area contributed by atoms with E-state index < -0.39 is 23.0 Å². The second kappa shape index (κ2) is 7.99. The largest absolute Gasteiger partial charge is 0.416 e. The Bertz CT molecular complexity index is 882. The Kier molecular flexibility index (Phi) is 5.54. The summed E-state index contributed by atoms with van der Waals surface area (Å²) in [6.07, 6.45) is -1.69. The predicted molar refractivity (Wildman–Crippen MR) is 102 cm³/mol. The third-order valence-corrected chi connectivity index (χ3v) is 5.70. The summed E-state index contributed by atoms with van der Waals surface area (Å²) in [5.41, 5.74) is -0.485. The number of nitrogens with one attached hydrogen (secondary N) is 1. The van der Waals surface area contributed by atoms with Crippen LogP contribution < -0.4 is 10.2 Å². The Morgan fingerprint density at radius 1 is 1.20 bits per heavy atom. The van der Waals surface area contributed by atoms with Gasteiger partial charge >= 0.3 is 6.18 Å². The topological polar surface area (TPSA) is 70.5 Å². The van der Waals surface area contributed by atoms with E-state index in [0.717, 1.165) is 18.6 Å². The number of halogens is 4. The molecule has 3 heterocycles. The van der Waals surface area contributed by atoms with Crippen molar-refractivity contribution >= 4 is 11.6 Å². The van der Waals surface area contributed by atoms with Gasteiger partial charge in [0.15, 0.2) is 11.6 Å². The van der Waals surface area contributed by atoms with E-state index in [2.05, 4.69) is 15.3 Å². The van der Waals surface area contributed by atoms with Gasteiger partial charge in [-0.3, -0.25) is 0 Å². The lowest BCUT2D eigenvalue weighted by Gasteiger charge is -2.40. The Morgan fingerprint density at radius 2 is 1.93 bits per heavy atom. The summed E-state index contributed by atoms with van der Waals surface area (Å²) in [6.45, 7) is 1.53. The molecule has 2 aromatic rings. The van der Waals surface area contributed by atoms with E-state index in [9.17, 15) is 18.3 Å². The molecule has 2 aliphatic heterocycles. The number of hydrogen-bond acceptors (Lipinski definition) is 6. The first kappa shape index (κ1) is 20.8. The number of alkyl halides is 3. The van der Waals surface area contributed by atoms with Gasteiger partial charge in [-0.05, 0) is 30.5 Å². The number of benzene rings is 1. The molecule has 4 rings (SSSR count). The molecule has 6 nitrogen and oxygen atoms in total. The van der Waals surface area contributed by atoms with E-state index in [1.807, 2.05) is 0 Å². The van der Waals surface area contributed by atoms with Crippen LogP contribution in [0, 0.1) is 11.2 Å². The maximum atomic E-state index is 15.2. The number of aromatic nitrogens is 2. The zero-order chi connectivity index (χ0) is 21.4. The zero-order valence-electron chi connectivity index (χ0n) is 16.1. The Morgan fingerprint density at radius 3 is 2.53 bits per heavy atom. The molecule has 0 saturated carbocycles. The SMILES string of the molecule is OCC1(CNc2ncnc(N3CCCC3c3ccc(C(F)(F)F)cc3)c2F)COC1. The molecular weight excluding hydrogens is 404 g/mol. The van der Waals surface area contributed by atoms with Crippen molar-refractivity contribution in [2.75, 3.05) is 43.1 Å². The molecule has 162 valence electrons. The monoisotopic (exact) mass is 426 g/mol. The van der Waals surface area contributed by atoms with Crippen LogP contribution in [-0.2, 0) is 10.9 Å². The van der Waals surface area contributed by atoms with Crippen LogP contribution in [0.4, 0.5) is 29.2 Å². The minimum absolute atomic E-state index is 0.0257. The lowest BCUT2D eigenvalue weighted by Crippen LogP contribution is -2.50. The molecule has 0 aliphatic carbocycles. The van der Waals surface area contributed by atoms with Crippen molar-refractivity contribution in [2.24, 2.45) is 5.41 Å². The fraction of sp³-hybridized carbons (Fsp3) is 0.500. The van der Waals surface area contributed by atoms with E-state index in [4.69, 9.17) is 4.74 Å². The second-order valence-corrected chi connectivity index (χ2v) is 7.84. The van der Waals surface area contributed by atoms with Crippen molar-refractivity contribution in [2.45, 2.75) is 25.1 Å². The third-order valence-electron chi connectivity index (χ3n) is 5.70. The van der Waals surface area contributed by atoms with E-state index in [-0.39, 0.29) is 24.3 Å². The van der Waals surface area contributed by atoms with E-state index in [1.165, 1.54) is 18.5 Å². The van der Waals surface area contributed by atoms with Gasteiger partial charge in [-0.2, -0.15) is 17.6 Å². The normalized spacial score (nSPS) is 20.8. The lowest BCUT2D eigenvalue weighted by atomic mass is 9.87. The molecule has 1 aromatic heterocycles. The Hall–Kier alpha value is -2.46. The average molecular weight is 426 g/mol. The molecule has 2 fully saturated rings. The highest BCUT2D eigenvalue weighted by Gasteiger charge is 2.38. The summed E-state index contributed by atoms with van der Waals surface area (Å²) < 4.78 is 58.8. The molecule has 0 radical (unpaired) electrons. The highest BCUT2D eigenvalue weighted by atomic mass is 19.4. The van der Waals surface area contributed by atoms with E-state index in [1.54, 1.807) is 4.90 Å². The van der Waals surface area contributed by atoms with Crippen molar-refractivity contribution < 1.29 is 27.4 Å². The molecule has 2 saturated heterocycles. The van der Waals surface area contributed by atoms with E-state index in [0.29, 0.717) is 38.3 Å². The smallest absolute Gasteiger partial charge is 0.396 e. The van der Waals surface area contributed by atoms with Crippen LogP contribution in [0.25, 0.3) is 0 Å². The minimum atomic E-state index is -4.40. The Labute approximate surface area is 170 Å². The average Bonchev–Trinajstić information content (AvgIpc) is 3.17. The molecule has 0 spiro atoms. The summed E-state index contributed by atoms with van der Waals surface area (Å²) in [7, 11) is 0. The number of nitrogens with zero attached hydrogens (tertiary/aromatic N) is 3. The van der Waals surface area contributed by atoms with Gasteiger partial charge in [-0.15, -0.1) is 0 Å². The summed E-state index contributed by atoms with van der Waals surface area (Å²) in [5.74, 6) is -0.486. The fourth-order valence-electron chi connectivity index (χ4n) is 3.86. The summed E-state index contributed by atoms with van der Waals surface area (Å²) in [4.78, 5) is 9.83. The van der Waals surface area contributed by atoms with E-state index >= 15 is 4.39 Å². The number of aliphatic hydroxyl groups excluding tert-OH is 1. The maximum Gasteiger partial charge on any atom is 0.416 e. The van der Waals surface area contributed by atoms with Crippen LogP contribution in [0.5, 0.6) is 0 Å². The highest BCUT2D eigenvalue weighted by Crippen LogP contribution is 2.38. The maximum absolute atomic E-state index is 15.2. The van der Waals surface area contributed by atoms with Crippen LogP contribution in [0.2, 0.25) is 0 Å². The van der Waals surface area contributed by atoms with Gasteiger partial charge in [-0.1, -0.05) is 12.1 Å². The van der Waals surface area contributed by atoms with Gasteiger partial charge in [0.25, 0.3) is 0 Å². The van der Waals surface area contributed by atoms with Crippen molar-refractivity contribution in [3.05, 3.63) is 47.5 Å². The number of hydrogen-bond donors (Lipinski definition) is 2. The van der Waals surface area contributed by atoms with Crippen LogP contribution in [-0.4, -0.2) is 48.0 Å². The molecule has 1 aromatic carbocycles. The second-order valence-electron chi connectivity index (χ2n) is 7.84. The molecule has 10 heteroatoms. The number of ether oxygens (including phenoxy) is 1. The summed E-state index contributed by atoms with van der Waals surface area (Å²) in [5, 5.41) is 12.4. The summed E-state index contributed by atoms with van der Waals surface area (Å²) in [6, 6.07) is 4.69. The van der Waals surface area contributed by atoms with Crippen molar-refractivity contribution in [3.63, 3.8) is 0 Å². The van der Waals surface area contributed by atoms with Gasteiger partial charge < -0.3 is 20.1 Å². The molecule has 2 aliphatic rings. The van der Waals surface area contributed by atoms with Crippen LogP contribution in [0.15, 0.2) is 30.6 Å².